The molecule has 1 aromatic heterocycles. The lowest BCUT2D eigenvalue weighted by Crippen LogP contribution is -2.49. The molecule has 2 aromatic carbocycles. The molecule has 7 nitrogen and oxygen atoms in total. The molecule has 3 aromatic rings. The standard InChI is InChI=1S/C22H21BrF3N5O2S/c1-3-12(2)17(28-20(33)27-16-10-5-4-9-15(16)22(24,25)26)18(32)29-21-31-30-19(34-21)13-7-6-8-14(23)11-13/h4-12,17H,3H2,1-2H3,(H2,27,28,33)(H,29,31,32). The Morgan fingerprint density at radius 3 is 2.50 bits per heavy atom. The topological polar surface area (TPSA) is 96.0 Å². The Hall–Kier alpha value is -2.99. The number of carbonyl (C=O) groups excluding carboxylic acids is 2. The average Bonchev–Trinajstić information content (AvgIpc) is 3.25. The van der Waals surface area contributed by atoms with Crippen molar-refractivity contribution in [3.05, 3.63) is 58.6 Å². The molecule has 2 unspecified atom stereocenters. The van der Waals surface area contributed by atoms with E-state index in [1.807, 2.05) is 31.2 Å². The summed E-state index contributed by atoms with van der Waals surface area (Å²) in [6.45, 7) is 3.58. The van der Waals surface area contributed by atoms with Gasteiger partial charge >= 0.3 is 12.2 Å². The van der Waals surface area contributed by atoms with Gasteiger partial charge in [-0.05, 0) is 30.2 Å². The van der Waals surface area contributed by atoms with Crippen LogP contribution in [0, 0.1) is 5.92 Å². The van der Waals surface area contributed by atoms with Gasteiger partial charge in [0.2, 0.25) is 11.0 Å². The van der Waals surface area contributed by atoms with Gasteiger partial charge in [0.05, 0.1) is 11.3 Å². The number of nitrogens with one attached hydrogen (secondary N) is 3. The smallest absolute Gasteiger partial charge is 0.326 e. The van der Waals surface area contributed by atoms with Crippen LogP contribution in [-0.2, 0) is 11.0 Å². The first-order chi connectivity index (χ1) is 16.1. The third-order valence-corrected chi connectivity index (χ3v) is 6.37. The van der Waals surface area contributed by atoms with E-state index in [1.165, 1.54) is 12.1 Å². The summed E-state index contributed by atoms with van der Waals surface area (Å²) in [4.78, 5) is 25.4. The van der Waals surface area contributed by atoms with Gasteiger partial charge in [-0.2, -0.15) is 13.2 Å². The number of amides is 3. The van der Waals surface area contributed by atoms with Crippen molar-refractivity contribution in [1.29, 1.82) is 0 Å². The van der Waals surface area contributed by atoms with Crippen molar-refractivity contribution >= 4 is 50.0 Å². The van der Waals surface area contributed by atoms with E-state index >= 15 is 0 Å². The molecule has 34 heavy (non-hydrogen) atoms. The van der Waals surface area contributed by atoms with Gasteiger partial charge in [0.1, 0.15) is 11.0 Å². The summed E-state index contributed by atoms with van der Waals surface area (Å²) >= 11 is 4.55. The molecule has 2 atom stereocenters. The lowest BCUT2D eigenvalue weighted by Gasteiger charge is -2.23. The quantitative estimate of drug-likeness (QED) is 0.325. The summed E-state index contributed by atoms with van der Waals surface area (Å²) < 4.78 is 40.5. The Bertz CT molecular complexity index is 1170. The van der Waals surface area contributed by atoms with E-state index in [1.54, 1.807) is 6.92 Å². The van der Waals surface area contributed by atoms with Gasteiger partial charge in [0.25, 0.3) is 0 Å². The van der Waals surface area contributed by atoms with Crippen LogP contribution in [0.4, 0.5) is 28.8 Å². The fraction of sp³-hybridized carbons (Fsp3) is 0.273. The summed E-state index contributed by atoms with van der Waals surface area (Å²) in [5.41, 5.74) is -0.575. The number of rotatable bonds is 7. The lowest BCUT2D eigenvalue weighted by atomic mass is 9.98. The van der Waals surface area contributed by atoms with Gasteiger partial charge in [-0.1, -0.05) is 71.8 Å². The number of aromatic nitrogens is 2. The monoisotopic (exact) mass is 555 g/mol. The van der Waals surface area contributed by atoms with E-state index in [0.29, 0.717) is 11.4 Å². The van der Waals surface area contributed by atoms with Crippen molar-refractivity contribution in [2.75, 3.05) is 10.6 Å². The minimum Gasteiger partial charge on any atom is -0.326 e. The van der Waals surface area contributed by atoms with Crippen molar-refractivity contribution in [3.63, 3.8) is 0 Å². The molecular formula is C22H21BrF3N5O2S. The zero-order chi connectivity index (χ0) is 24.9. The van der Waals surface area contributed by atoms with Crippen molar-refractivity contribution < 1.29 is 22.8 Å². The van der Waals surface area contributed by atoms with Crippen molar-refractivity contribution in [2.24, 2.45) is 5.92 Å². The summed E-state index contributed by atoms with van der Waals surface area (Å²) in [7, 11) is 0. The first kappa shape index (κ1) is 25.6. The highest BCUT2D eigenvalue weighted by Gasteiger charge is 2.34. The van der Waals surface area contributed by atoms with Crippen molar-refractivity contribution in [3.8, 4) is 10.6 Å². The number of para-hydroxylation sites is 1. The number of anilines is 2. The van der Waals surface area contributed by atoms with Crippen LogP contribution in [0.2, 0.25) is 0 Å². The SMILES string of the molecule is CCC(C)C(NC(=O)Nc1ccccc1C(F)(F)F)C(=O)Nc1nnc(-c2cccc(Br)c2)s1. The molecule has 3 amide bonds. The Balaban J connectivity index is 1.72. The second-order valence-electron chi connectivity index (χ2n) is 7.42. The highest BCUT2D eigenvalue weighted by Crippen LogP contribution is 2.34. The Kier molecular flexibility index (Phi) is 8.26. The van der Waals surface area contributed by atoms with E-state index in [0.717, 1.165) is 33.5 Å². The fourth-order valence-electron chi connectivity index (χ4n) is 3.04. The Morgan fingerprint density at radius 2 is 1.82 bits per heavy atom. The minimum atomic E-state index is -4.64. The first-order valence-electron chi connectivity index (χ1n) is 10.2. The number of hydrogen-bond acceptors (Lipinski definition) is 5. The van der Waals surface area contributed by atoms with Crippen LogP contribution in [0.3, 0.4) is 0 Å². The molecule has 1 heterocycles. The maximum atomic E-state index is 13.2. The molecule has 0 fully saturated rings. The zero-order valence-corrected chi connectivity index (χ0v) is 20.5. The number of hydrogen-bond donors (Lipinski definition) is 3. The molecule has 0 radical (unpaired) electrons. The molecule has 0 aliphatic carbocycles. The van der Waals surface area contributed by atoms with Crippen molar-refractivity contribution in [1.82, 2.24) is 15.5 Å². The molecule has 12 heteroatoms. The molecular weight excluding hydrogens is 535 g/mol. The molecule has 180 valence electrons. The molecule has 0 spiro atoms. The molecule has 0 saturated carbocycles. The number of urea groups is 1. The number of carbonyl (C=O) groups is 2. The van der Waals surface area contributed by atoms with Crippen molar-refractivity contribution in [2.45, 2.75) is 32.5 Å². The van der Waals surface area contributed by atoms with Crippen LogP contribution >= 0.6 is 27.3 Å². The van der Waals surface area contributed by atoms with E-state index in [-0.39, 0.29) is 11.0 Å². The van der Waals surface area contributed by atoms with Crippen LogP contribution in [0.15, 0.2) is 53.0 Å². The first-order valence-corrected chi connectivity index (χ1v) is 11.8. The Morgan fingerprint density at radius 1 is 1.09 bits per heavy atom. The number of halogens is 4. The van der Waals surface area contributed by atoms with Crippen LogP contribution in [0.1, 0.15) is 25.8 Å². The third kappa shape index (κ3) is 6.54. The number of nitrogens with zero attached hydrogens (tertiary/aromatic N) is 2. The average molecular weight is 556 g/mol. The summed E-state index contributed by atoms with van der Waals surface area (Å²) in [5.74, 6) is -0.855. The van der Waals surface area contributed by atoms with E-state index in [9.17, 15) is 22.8 Å². The molecule has 0 saturated heterocycles. The minimum absolute atomic E-state index is 0.234. The summed E-state index contributed by atoms with van der Waals surface area (Å²) in [6.07, 6.45) is -4.10. The van der Waals surface area contributed by atoms with Gasteiger partial charge in [0.15, 0.2) is 0 Å². The van der Waals surface area contributed by atoms with Crippen LogP contribution in [0.5, 0.6) is 0 Å². The number of alkyl halides is 3. The highest BCUT2D eigenvalue weighted by molar-refractivity contribution is 9.10. The maximum absolute atomic E-state index is 13.2. The highest BCUT2D eigenvalue weighted by atomic mass is 79.9. The third-order valence-electron chi connectivity index (χ3n) is 4.99. The second kappa shape index (κ2) is 11.0. The van der Waals surface area contributed by atoms with Gasteiger partial charge < -0.3 is 10.6 Å². The predicted octanol–water partition coefficient (Wildman–Crippen LogP) is 6.16. The van der Waals surface area contributed by atoms with Gasteiger partial charge in [0, 0.05) is 10.0 Å². The molecule has 3 N–H and O–H groups in total. The van der Waals surface area contributed by atoms with Crippen LogP contribution < -0.4 is 16.0 Å². The van der Waals surface area contributed by atoms with Gasteiger partial charge in [-0.15, -0.1) is 10.2 Å². The summed E-state index contributed by atoms with van der Waals surface area (Å²) in [5, 5.41) is 16.2. The van der Waals surface area contributed by atoms with Crippen LogP contribution in [-0.4, -0.2) is 28.2 Å². The largest absolute Gasteiger partial charge is 0.418 e. The lowest BCUT2D eigenvalue weighted by molar-refractivity contribution is -0.137. The maximum Gasteiger partial charge on any atom is 0.418 e. The molecule has 0 bridgehead atoms. The van der Waals surface area contributed by atoms with Gasteiger partial charge in [-0.3, -0.25) is 10.1 Å². The number of benzene rings is 2. The van der Waals surface area contributed by atoms with Gasteiger partial charge in [-0.25, -0.2) is 4.79 Å². The normalized spacial score (nSPS) is 13.1. The van der Waals surface area contributed by atoms with E-state index in [4.69, 9.17) is 0 Å². The second-order valence-corrected chi connectivity index (χ2v) is 9.31. The Labute approximate surface area is 206 Å². The predicted molar refractivity (Wildman–Crippen MR) is 129 cm³/mol. The van der Waals surface area contributed by atoms with E-state index in [2.05, 4.69) is 42.1 Å². The molecule has 0 aliphatic heterocycles. The van der Waals surface area contributed by atoms with E-state index < -0.39 is 35.4 Å². The summed E-state index contributed by atoms with van der Waals surface area (Å²) in [6, 6.07) is 10.1. The fourth-order valence-corrected chi connectivity index (χ4v) is 4.18. The van der Waals surface area contributed by atoms with Crippen LogP contribution in [0.25, 0.3) is 10.6 Å². The molecule has 3 rings (SSSR count). The molecule has 0 aliphatic rings. The zero-order valence-electron chi connectivity index (χ0n) is 18.1.